The van der Waals surface area contributed by atoms with Crippen molar-refractivity contribution < 1.29 is 9.84 Å². The molecule has 0 aromatic heterocycles. The lowest BCUT2D eigenvalue weighted by Crippen LogP contribution is -2.39. The summed E-state index contributed by atoms with van der Waals surface area (Å²) in [5, 5.41) is 13.1. The van der Waals surface area contributed by atoms with Crippen LogP contribution in [0.3, 0.4) is 0 Å². The van der Waals surface area contributed by atoms with Gasteiger partial charge in [-0.15, -0.1) is 0 Å². The summed E-state index contributed by atoms with van der Waals surface area (Å²) in [4.78, 5) is 2.50. The van der Waals surface area contributed by atoms with Gasteiger partial charge in [-0.25, -0.2) is 0 Å². The van der Waals surface area contributed by atoms with Crippen LogP contribution < -0.4 is 5.32 Å². The van der Waals surface area contributed by atoms with Gasteiger partial charge < -0.3 is 15.2 Å². The van der Waals surface area contributed by atoms with E-state index >= 15 is 0 Å². The molecule has 0 radical (unpaired) electrons. The van der Waals surface area contributed by atoms with Gasteiger partial charge in [0.25, 0.3) is 0 Å². The Balaban J connectivity index is 1.77. The number of nitrogens with zero attached hydrogens (tertiary/aromatic N) is 1. The fourth-order valence-electron chi connectivity index (χ4n) is 2.80. The zero-order valence-electron chi connectivity index (χ0n) is 12.5. The number of ether oxygens (including phenoxy) is 1. The molecule has 1 aromatic rings. The molecule has 4 heteroatoms. The summed E-state index contributed by atoms with van der Waals surface area (Å²) in [6.45, 7) is 5.40. The van der Waals surface area contributed by atoms with Crippen LogP contribution in [0.5, 0.6) is 0 Å². The van der Waals surface area contributed by atoms with Crippen molar-refractivity contribution in [1.82, 2.24) is 10.2 Å². The molecule has 2 N–H and O–H groups in total. The first-order valence-corrected chi connectivity index (χ1v) is 7.40. The summed E-state index contributed by atoms with van der Waals surface area (Å²) in [7, 11) is 1.61. The van der Waals surface area contributed by atoms with Crippen molar-refractivity contribution in [3.8, 4) is 0 Å². The lowest BCUT2D eigenvalue weighted by molar-refractivity contribution is 0.0627. The van der Waals surface area contributed by atoms with E-state index in [-0.39, 0.29) is 0 Å². The molecule has 0 bridgehead atoms. The lowest BCUT2D eigenvalue weighted by atomic mass is 10.1. The van der Waals surface area contributed by atoms with Crippen molar-refractivity contribution in [2.45, 2.75) is 31.5 Å². The Hall–Kier alpha value is -0.940. The fourth-order valence-corrected chi connectivity index (χ4v) is 2.80. The van der Waals surface area contributed by atoms with E-state index in [0.717, 1.165) is 19.5 Å². The summed E-state index contributed by atoms with van der Waals surface area (Å²) in [5.41, 5.74) is 1.37. The molecule has 1 fully saturated rings. The van der Waals surface area contributed by atoms with Crippen molar-refractivity contribution in [3.05, 3.63) is 35.9 Å². The standard InChI is InChI=1S/C16H26N2O2/c1-13(14-6-4-3-5-7-14)18-9-8-15(11-18)17-10-16(19)12-20-2/h3-7,13,15-17,19H,8-12H2,1-2H3. The quantitative estimate of drug-likeness (QED) is 0.792. The molecule has 3 unspecified atom stereocenters. The van der Waals surface area contributed by atoms with Crippen LogP contribution in [0.1, 0.15) is 24.9 Å². The summed E-state index contributed by atoms with van der Waals surface area (Å²) < 4.78 is 4.94. The van der Waals surface area contributed by atoms with E-state index in [2.05, 4.69) is 47.5 Å². The number of hydrogen-bond donors (Lipinski definition) is 2. The Morgan fingerprint density at radius 2 is 2.15 bits per heavy atom. The number of aliphatic hydroxyl groups is 1. The average molecular weight is 278 g/mol. The first-order valence-electron chi connectivity index (χ1n) is 7.40. The Labute approximate surface area is 121 Å². The predicted octanol–water partition coefficient (Wildman–Crippen LogP) is 1.42. The molecular weight excluding hydrogens is 252 g/mol. The van der Waals surface area contributed by atoms with Gasteiger partial charge in [0.2, 0.25) is 0 Å². The van der Waals surface area contributed by atoms with Crippen LogP contribution in [0.25, 0.3) is 0 Å². The van der Waals surface area contributed by atoms with Crippen molar-refractivity contribution >= 4 is 0 Å². The number of aliphatic hydroxyl groups excluding tert-OH is 1. The summed E-state index contributed by atoms with van der Waals surface area (Å²) in [6, 6.07) is 11.5. The average Bonchev–Trinajstić information content (AvgIpc) is 2.94. The highest BCUT2D eigenvalue weighted by molar-refractivity contribution is 5.18. The number of benzene rings is 1. The minimum absolute atomic E-state index is 0.393. The van der Waals surface area contributed by atoms with Gasteiger partial charge in [0, 0.05) is 38.8 Å². The molecule has 1 aliphatic heterocycles. The Morgan fingerprint density at radius 1 is 1.40 bits per heavy atom. The Kier molecular flexibility index (Phi) is 5.98. The minimum Gasteiger partial charge on any atom is -0.389 e. The van der Waals surface area contributed by atoms with E-state index in [1.807, 2.05) is 0 Å². The van der Waals surface area contributed by atoms with Gasteiger partial charge in [0.1, 0.15) is 0 Å². The Bertz CT molecular complexity index is 385. The molecule has 2 rings (SSSR count). The molecule has 1 aliphatic rings. The van der Waals surface area contributed by atoms with Gasteiger partial charge in [-0.2, -0.15) is 0 Å². The zero-order valence-corrected chi connectivity index (χ0v) is 12.5. The lowest BCUT2D eigenvalue weighted by Gasteiger charge is -2.25. The predicted molar refractivity (Wildman–Crippen MR) is 80.7 cm³/mol. The molecule has 112 valence electrons. The summed E-state index contributed by atoms with van der Waals surface area (Å²) >= 11 is 0. The van der Waals surface area contributed by atoms with Crippen LogP contribution >= 0.6 is 0 Å². The Morgan fingerprint density at radius 3 is 2.85 bits per heavy atom. The number of rotatable bonds is 7. The fraction of sp³-hybridized carbons (Fsp3) is 0.625. The topological polar surface area (TPSA) is 44.7 Å². The third-order valence-electron chi connectivity index (χ3n) is 4.05. The summed E-state index contributed by atoms with van der Waals surface area (Å²) in [5.74, 6) is 0. The molecule has 4 nitrogen and oxygen atoms in total. The zero-order chi connectivity index (χ0) is 14.4. The van der Waals surface area contributed by atoms with E-state index in [1.54, 1.807) is 7.11 Å². The molecule has 0 amide bonds. The number of hydrogen-bond acceptors (Lipinski definition) is 4. The molecule has 1 saturated heterocycles. The highest BCUT2D eigenvalue weighted by Crippen LogP contribution is 2.24. The summed E-state index contributed by atoms with van der Waals surface area (Å²) in [6.07, 6.45) is 0.720. The normalized spacial score (nSPS) is 22.9. The van der Waals surface area contributed by atoms with Crippen molar-refractivity contribution in [1.29, 1.82) is 0 Å². The van der Waals surface area contributed by atoms with Gasteiger partial charge in [0.15, 0.2) is 0 Å². The molecule has 0 saturated carbocycles. The third-order valence-corrected chi connectivity index (χ3v) is 4.05. The van der Waals surface area contributed by atoms with Gasteiger partial charge in [0.05, 0.1) is 12.7 Å². The van der Waals surface area contributed by atoms with E-state index in [1.165, 1.54) is 5.56 Å². The number of likely N-dealkylation sites (tertiary alicyclic amines) is 1. The second-order valence-corrected chi connectivity index (χ2v) is 5.58. The van der Waals surface area contributed by atoms with Crippen molar-refractivity contribution in [3.63, 3.8) is 0 Å². The van der Waals surface area contributed by atoms with Gasteiger partial charge >= 0.3 is 0 Å². The van der Waals surface area contributed by atoms with E-state index in [9.17, 15) is 5.11 Å². The highest BCUT2D eigenvalue weighted by atomic mass is 16.5. The highest BCUT2D eigenvalue weighted by Gasteiger charge is 2.26. The first-order chi connectivity index (χ1) is 9.70. The molecule has 0 spiro atoms. The maximum atomic E-state index is 9.66. The molecule has 20 heavy (non-hydrogen) atoms. The van der Waals surface area contributed by atoms with Crippen LogP contribution in [0.2, 0.25) is 0 Å². The largest absolute Gasteiger partial charge is 0.389 e. The number of methoxy groups -OCH3 is 1. The van der Waals surface area contributed by atoms with Gasteiger partial charge in [-0.05, 0) is 18.9 Å². The molecule has 1 heterocycles. The first kappa shape index (κ1) is 15.4. The molecule has 3 atom stereocenters. The van der Waals surface area contributed by atoms with E-state index in [4.69, 9.17) is 4.74 Å². The SMILES string of the molecule is COCC(O)CNC1CCN(C(C)c2ccccc2)C1. The maximum absolute atomic E-state index is 9.66. The smallest absolute Gasteiger partial charge is 0.0897 e. The molecule has 1 aromatic carbocycles. The van der Waals surface area contributed by atoms with Crippen LogP contribution in [0.4, 0.5) is 0 Å². The maximum Gasteiger partial charge on any atom is 0.0897 e. The van der Waals surface area contributed by atoms with Gasteiger partial charge in [-0.3, -0.25) is 4.90 Å². The van der Waals surface area contributed by atoms with Crippen LogP contribution in [-0.4, -0.2) is 55.5 Å². The van der Waals surface area contributed by atoms with Crippen LogP contribution in [0, 0.1) is 0 Å². The second-order valence-electron chi connectivity index (χ2n) is 5.58. The number of nitrogens with one attached hydrogen (secondary N) is 1. The van der Waals surface area contributed by atoms with Crippen molar-refractivity contribution in [2.75, 3.05) is 33.4 Å². The van der Waals surface area contributed by atoms with Crippen molar-refractivity contribution in [2.24, 2.45) is 0 Å². The monoisotopic (exact) mass is 278 g/mol. The second kappa shape index (κ2) is 7.74. The third kappa shape index (κ3) is 4.28. The van der Waals surface area contributed by atoms with Gasteiger partial charge in [-0.1, -0.05) is 30.3 Å². The van der Waals surface area contributed by atoms with Crippen LogP contribution in [-0.2, 0) is 4.74 Å². The van der Waals surface area contributed by atoms with Crippen LogP contribution in [0.15, 0.2) is 30.3 Å². The minimum atomic E-state index is -0.416. The molecule has 0 aliphatic carbocycles. The molecular formula is C16H26N2O2. The van der Waals surface area contributed by atoms with E-state index in [0.29, 0.717) is 25.2 Å². The van der Waals surface area contributed by atoms with E-state index < -0.39 is 6.10 Å².